The zero-order valence-electron chi connectivity index (χ0n) is 8.40. The molecule has 0 aliphatic rings. The van der Waals surface area contributed by atoms with Gasteiger partial charge in [0, 0.05) is 0 Å². The van der Waals surface area contributed by atoms with E-state index in [0.29, 0.717) is 5.75 Å². The molecular formula is C10H10N2O3. The second kappa shape index (κ2) is 4.33. The van der Waals surface area contributed by atoms with Crippen LogP contribution in [0.2, 0.25) is 0 Å². The monoisotopic (exact) mass is 206 g/mol. The van der Waals surface area contributed by atoms with Crippen molar-refractivity contribution in [1.29, 1.82) is 0 Å². The number of benzene rings is 1. The molecule has 0 heterocycles. The second-order valence-electron chi connectivity index (χ2n) is 2.71. The Morgan fingerprint density at radius 1 is 1.47 bits per heavy atom. The lowest BCUT2D eigenvalue weighted by atomic mass is 10.1. The number of nitrogens with two attached hydrogens (primary N) is 1. The molecule has 0 fully saturated rings. The molecule has 0 aromatic heterocycles. The van der Waals surface area contributed by atoms with E-state index in [1.807, 2.05) is 0 Å². The topological polar surface area (TPSA) is 65.9 Å². The molecule has 0 amide bonds. The number of rotatable bonds is 2. The number of methoxy groups -OCH3 is 2. The Morgan fingerprint density at radius 2 is 2.13 bits per heavy atom. The van der Waals surface area contributed by atoms with E-state index in [0.717, 1.165) is 0 Å². The number of ether oxygens (including phenoxy) is 2. The Labute approximate surface area is 87.2 Å². The summed E-state index contributed by atoms with van der Waals surface area (Å²) in [5.74, 6) is -0.291. The number of nitrogen functional groups attached to an aromatic ring is 1. The molecule has 0 radical (unpaired) electrons. The smallest absolute Gasteiger partial charge is 0.338 e. The summed E-state index contributed by atoms with van der Waals surface area (Å²) in [5, 5.41) is 0. The fraction of sp³-hybridized carbons (Fsp3) is 0.200. The van der Waals surface area contributed by atoms with Gasteiger partial charge in [-0.3, -0.25) is 0 Å². The Kier molecular flexibility index (Phi) is 3.13. The third-order valence-electron chi connectivity index (χ3n) is 1.88. The zero-order valence-corrected chi connectivity index (χ0v) is 8.40. The lowest BCUT2D eigenvalue weighted by Gasteiger charge is -2.09. The highest BCUT2D eigenvalue weighted by Gasteiger charge is 2.15. The Morgan fingerprint density at radius 3 is 2.60 bits per heavy atom. The number of carbonyl (C=O) groups is 1. The van der Waals surface area contributed by atoms with Gasteiger partial charge in [0.2, 0.25) is 0 Å². The van der Waals surface area contributed by atoms with Crippen LogP contribution in [0.1, 0.15) is 10.4 Å². The highest BCUT2D eigenvalue weighted by Crippen LogP contribution is 2.31. The first-order chi connectivity index (χ1) is 7.13. The third kappa shape index (κ3) is 1.99. The van der Waals surface area contributed by atoms with Crippen molar-refractivity contribution in [2.45, 2.75) is 0 Å². The molecule has 2 N–H and O–H groups in total. The Hall–Kier alpha value is -2.22. The molecular weight excluding hydrogens is 196 g/mol. The molecule has 0 saturated carbocycles. The number of esters is 1. The second-order valence-corrected chi connectivity index (χ2v) is 2.71. The van der Waals surface area contributed by atoms with Crippen molar-refractivity contribution in [3.63, 3.8) is 0 Å². The minimum atomic E-state index is -0.587. The van der Waals surface area contributed by atoms with E-state index in [-0.39, 0.29) is 16.9 Å². The van der Waals surface area contributed by atoms with Crippen LogP contribution in [-0.2, 0) is 4.74 Å². The molecule has 0 unspecified atom stereocenters. The average molecular weight is 206 g/mol. The van der Waals surface area contributed by atoms with Gasteiger partial charge in [0.05, 0.1) is 32.0 Å². The predicted octanol–water partition coefficient (Wildman–Crippen LogP) is 1.61. The van der Waals surface area contributed by atoms with Gasteiger partial charge < -0.3 is 15.2 Å². The SMILES string of the molecule is [C-]#[N+]c1cc(OC)c(N)c(C(=O)OC)c1. The third-order valence-corrected chi connectivity index (χ3v) is 1.88. The van der Waals surface area contributed by atoms with Gasteiger partial charge in [-0.1, -0.05) is 0 Å². The molecule has 1 rings (SSSR count). The summed E-state index contributed by atoms with van der Waals surface area (Å²) in [4.78, 5) is 14.5. The summed E-state index contributed by atoms with van der Waals surface area (Å²) >= 11 is 0. The first kappa shape index (κ1) is 10.9. The standard InChI is InChI=1S/C10H10N2O3/c1-12-6-4-7(10(13)15-3)9(11)8(5-6)14-2/h4-5H,11H2,2-3H3. The number of hydrogen-bond acceptors (Lipinski definition) is 4. The van der Waals surface area contributed by atoms with Crippen LogP contribution in [0.25, 0.3) is 4.85 Å². The molecule has 1 aromatic rings. The largest absolute Gasteiger partial charge is 0.496 e. The fourth-order valence-electron chi connectivity index (χ4n) is 1.12. The Balaban J connectivity index is 3.38. The van der Waals surface area contributed by atoms with Crippen LogP contribution >= 0.6 is 0 Å². The van der Waals surface area contributed by atoms with Gasteiger partial charge in [0.1, 0.15) is 5.75 Å². The summed E-state index contributed by atoms with van der Waals surface area (Å²) in [6.45, 7) is 6.86. The number of carbonyl (C=O) groups excluding carboxylic acids is 1. The minimum absolute atomic E-state index is 0.142. The van der Waals surface area contributed by atoms with E-state index in [1.54, 1.807) is 0 Å². The Bertz CT molecular complexity index is 435. The maximum atomic E-state index is 11.3. The summed E-state index contributed by atoms with van der Waals surface area (Å²) in [6.07, 6.45) is 0. The van der Waals surface area contributed by atoms with Crippen molar-refractivity contribution in [1.82, 2.24) is 0 Å². The van der Waals surface area contributed by atoms with E-state index >= 15 is 0 Å². The van der Waals surface area contributed by atoms with Gasteiger partial charge in [0.25, 0.3) is 0 Å². The summed E-state index contributed by atoms with van der Waals surface area (Å²) in [6, 6.07) is 2.84. The van der Waals surface area contributed by atoms with Crippen LogP contribution in [0.4, 0.5) is 11.4 Å². The number of anilines is 1. The van der Waals surface area contributed by atoms with Gasteiger partial charge in [-0.05, 0) is 12.1 Å². The van der Waals surface area contributed by atoms with Crippen molar-refractivity contribution in [3.8, 4) is 5.75 Å². The van der Waals surface area contributed by atoms with Crippen molar-refractivity contribution in [3.05, 3.63) is 29.1 Å². The molecule has 5 heteroatoms. The van der Waals surface area contributed by atoms with Gasteiger partial charge in [-0.25, -0.2) is 9.64 Å². The van der Waals surface area contributed by atoms with E-state index in [9.17, 15) is 4.79 Å². The maximum Gasteiger partial charge on any atom is 0.338 e. The molecule has 5 nitrogen and oxygen atoms in total. The number of hydrogen-bond donors (Lipinski definition) is 1. The molecule has 0 aliphatic carbocycles. The minimum Gasteiger partial charge on any atom is -0.496 e. The average Bonchev–Trinajstić information content (AvgIpc) is 2.28. The highest BCUT2D eigenvalue weighted by atomic mass is 16.5. The molecule has 15 heavy (non-hydrogen) atoms. The highest BCUT2D eigenvalue weighted by molar-refractivity contribution is 5.98. The van der Waals surface area contributed by atoms with Crippen LogP contribution in [-0.4, -0.2) is 20.2 Å². The first-order valence-electron chi connectivity index (χ1n) is 4.07. The van der Waals surface area contributed by atoms with E-state index in [1.165, 1.54) is 26.4 Å². The summed E-state index contributed by atoms with van der Waals surface area (Å²) in [5.41, 5.74) is 6.26. The van der Waals surface area contributed by atoms with Crippen LogP contribution in [0.15, 0.2) is 12.1 Å². The molecule has 0 saturated heterocycles. The normalized spacial score (nSPS) is 9.13. The van der Waals surface area contributed by atoms with Crippen LogP contribution < -0.4 is 10.5 Å². The molecule has 78 valence electrons. The van der Waals surface area contributed by atoms with Gasteiger partial charge in [0.15, 0.2) is 5.69 Å². The molecule has 0 spiro atoms. The molecule has 1 aromatic carbocycles. The quantitative estimate of drug-likeness (QED) is 0.453. The van der Waals surface area contributed by atoms with Crippen molar-refractivity contribution < 1.29 is 14.3 Å². The molecule has 0 aliphatic heterocycles. The summed E-state index contributed by atoms with van der Waals surface area (Å²) in [7, 11) is 2.67. The lowest BCUT2D eigenvalue weighted by molar-refractivity contribution is 0.0601. The molecule has 0 bridgehead atoms. The van der Waals surface area contributed by atoms with Crippen molar-refractivity contribution >= 4 is 17.3 Å². The van der Waals surface area contributed by atoms with Crippen molar-refractivity contribution in [2.24, 2.45) is 0 Å². The predicted molar refractivity (Wildman–Crippen MR) is 55.0 cm³/mol. The fourth-order valence-corrected chi connectivity index (χ4v) is 1.12. The van der Waals surface area contributed by atoms with Crippen LogP contribution in [0.5, 0.6) is 5.75 Å². The number of nitrogens with zero attached hydrogens (tertiary/aromatic N) is 1. The molecule has 0 atom stereocenters. The first-order valence-corrected chi connectivity index (χ1v) is 4.07. The van der Waals surface area contributed by atoms with Gasteiger partial charge >= 0.3 is 5.97 Å². The van der Waals surface area contributed by atoms with Crippen LogP contribution in [0.3, 0.4) is 0 Å². The van der Waals surface area contributed by atoms with Gasteiger partial charge in [-0.2, -0.15) is 0 Å². The van der Waals surface area contributed by atoms with Crippen molar-refractivity contribution in [2.75, 3.05) is 20.0 Å². The summed E-state index contributed by atoms with van der Waals surface area (Å²) < 4.78 is 9.49. The van der Waals surface area contributed by atoms with E-state index < -0.39 is 5.97 Å². The lowest BCUT2D eigenvalue weighted by Crippen LogP contribution is -2.06. The zero-order chi connectivity index (χ0) is 11.4. The van der Waals surface area contributed by atoms with E-state index in [2.05, 4.69) is 9.58 Å². The van der Waals surface area contributed by atoms with Gasteiger partial charge in [-0.15, -0.1) is 0 Å². The maximum absolute atomic E-state index is 11.3. The van der Waals surface area contributed by atoms with Crippen LogP contribution in [0, 0.1) is 6.57 Å². The van der Waals surface area contributed by atoms with E-state index in [4.69, 9.17) is 17.0 Å².